The average molecular weight is 203 g/mol. The summed E-state index contributed by atoms with van der Waals surface area (Å²) in [4.78, 5) is 23.0. The Morgan fingerprint density at radius 3 is 2.69 bits per heavy atom. The smallest absolute Gasteiger partial charge is 0.305 e. The number of rotatable bonds is 2. The van der Waals surface area contributed by atoms with Gasteiger partial charge < -0.3 is 10.0 Å². The Kier molecular flexibility index (Phi) is 3.59. The fourth-order valence-electron chi connectivity index (χ4n) is 1.67. The molecule has 4 nitrogen and oxygen atoms in total. The Morgan fingerprint density at radius 1 is 1.46 bits per heavy atom. The first-order chi connectivity index (χ1) is 6.11. The van der Waals surface area contributed by atoms with Crippen LogP contribution in [0, 0.1) is 0 Å². The number of piperidine rings is 1. The lowest BCUT2D eigenvalue weighted by atomic mass is 10.0. The Balaban J connectivity index is 2.56. The van der Waals surface area contributed by atoms with Gasteiger partial charge in [-0.25, -0.2) is 0 Å². The van der Waals surface area contributed by atoms with Crippen LogP contribution in [0.15, 0.2) is 0 Å². The number of likely N-dealkylation sites (tertiary alicyclic amines) is 1. The molecule has 0 saturated carbocycles. The SMILES string of the molecule is O=C(O)CC1CCCCN1C(=O)S. The van der Waals surface area contributed by atoms with E-state index >= 15 is 0 Å². The van der Waals surface area contributed by atoms with Crippen molar-refractivity contribution >= 4 is 23.8 Å². The monoisotopic (exact) mass is 203 g/mol. The van der Waals surface area contributed by atoms with Crippen LogP contribution in [0.5, 0.6) is 0 Å². The normalized spacial score (nSPS) is 22.8. The number of carbonyl (C=O) groups is 2. The highest BCUT2D eigenvalue weighted by atomic mass is 32.1. The molecule has 0 aromatic rings. The van der Waals surface area contributed by atoms with Gasteiger partial charge >= 0.3 is 5.97 Å². The molecular weight excluding hydrogens is 190 g/mol. The van der Waals surface area contributed by atoms with Crippen molar-refractivity contribution in [1.82, 2.24) is 4.90 Å². The second kappa shape index (κ2) is 4.50. The van der Waals surface area contributed by atoms with Gasteiger partial charge in [0.1, 0.15) is 0 Å². The molecule has 1 rings (SSSR count). The molecule has 1 fully saturated rings. The molecule has 5 heteroatoms. The van der Waals surface area contributed by atoms with E-state index in [0.29, 0.717) is 6.54 Å². The summed E-state index contributed by atoms with van der Waals surface area (Å²) in [5.41, 5.74) is 0. The molecule has 1 aliphatic heterocycles. The summed E-state index contributed by atoms with van der Waals surface area (Å²) in [6, 6.07) is -0.156. The van der Waals surface area contributed by atoms with Gasteiger partial charge in [0.25, 0.3) is 5.24 Å². The number of thiol groups is 1. The third-order valence-electron chi connectivity index (χ3n) is 2.28. The van der Waals surface area contributed by atoms with E-state index in [0.717, 1.165) is 19.3 Å². The van der Waals surface area contributed by atoms with Gasteiger partial charge in [-0.1, -0.05) is 12.6 Å². The van der Waals surface area contributed by atoms with E-state index in [2.05, 4.69) is 12.6 Å². The van der Waals surface area contributed by atoms with Crippen LogP contribution in [0.4, 0.5) is 4.79 Å². The molecule has 1 atom stereocenters. The number of hydrogen-bond acceptors (Lipinski definition) is 2. The van der Waals surface area contributed by atoms with Crippen molar-refractivity contribution in [2.75, 3.05) is 6.54 Å². The van der Waals surface area contributed by atoms with Gasteiger partial charge in [-0.05, 0) is 19.3 Å². The molecule has 0 aromatic heterocycles. The fraction of sp³-hybridized carbons (Fsp3) is 0.750. The van der Waals surface area contributed by atoms with Gasteiger partial charge in [-0.3, -0.25) is 9.59 Å². The van der Waals surface area contributed by atoms with Crippen molar-refractivity contribution in [1.29, 1.82) is 0 Å². The first kappa shape index (κ1) is 10.4. The van der Waals surface area contributed by atoms with E-state index < -0.39 is 5.97 Å². The number of carboxylic acids is 1. The van der Waals surface area contributed by atoms with Crippen molar-refractivity contribution < 1.29 is 14.7 Å². The lowest BCUT2D eigenvalue weighted by molar-refractivity contribution is -0.138. The minimum absolute atomic E-state index is 0.0340. The molecule has 1 N–H and O–H groups in total. The molecule has 1 saturated heterocycles. The Morgan fingerprint density at radius 2 is 2.15 bits per heavy atom. The maximum absolute atomic E-state index is 11.0. The highest BCUT2D eigenvalue weighted by molar-refractivity contribution is 7.96. The van der Waals surface area contributed by atoms with Crippen molar-refractivity contribution in [3.05, 3.63) is 0 Å². The molecule has 1 unspecified atom stereocenters. The van der Waals surface area contributed by atoms with Crippen LogP contribution in [0.1, 0.15) is 25.7 Å². The van der Waals surface area contributed by atoms with Crippen LogP contribution in [0.3, 0.4) is 0 Å². The maximum Gasteiger partial charge on any atom is 0.305 e. The Bertz CT molecular complexity index is 219. The molecule has 0 bridgehead atoms. The Labute approximate surface area is 82.3 Å². The summed E-state index contributed by atoms with van der Waals surface area (Å²) in [7, 11) is 0. The second-order valence-electron chi connectivity index (χ2n) is 3.22. The van der Waals surface area contributed by atoms with Crippen LogP contribution in [-0.2, 0) is 4.79 Å². The number of carbonyl (C=O) groups excluding carboxylic acids is 1. The summed E-state index contributed by atoms with van der Waals surface area (Å²) in [6.45, 7) is 0.639. The van der Waals surface area contributed by atoms with Gasteiger partial charge in [-0.15, -0.1) is 0 Å². The molecule has 1 amide bonds. The number of aliphatic carboxylic acids is 1. The highest BCUT2D eigenvalue weighted by Crippen LogP contribution is 2.20. The largest absolute Gasteiger partial charge is 0.481 e. The van der Waals surface area contributed by atoms with Gasteiger partial charge in [0, 0.05) is 12.6 Å². The van der Waals surface area contributed by atoms with E-state index in [1.165, 1.54) is 0 Å². The van der Waals surface area contributed by atoms with E-state index in [1.54, 1.807) is 4.90 Å². The first-order valence-electron chi connectivity index (χ1n) is 4.32. The molecule has 0 spiro atoms. The zero-order chi connectivity index (χ0) is 9.84. The van der Waals surface area contributed by atoms with Crippen molar-refractivity contribution in [2.24, 2.45) is 0 Å². The predicted octanol–water partition coefficient (Wildman–Crippen LogP) is 1.37. The van der Waals surface area contributed by atoms with Crippen molar-refractivity contribution in [3.8, 4) is 0 Å². The van der Waals surface area contributed by atoms with Gasteiger partial charge in [0.2, 0.25) is 0 Å². The third kappa shape index (κ3) is 2.91. The third-order valence-corrected chi connectivity index (χ3v) is 2.54. The molecule has 1 aliphatic rings. The quantitative estimate of drug-likeness (QED) is 0.666. The predicted molar refractivity (Wildman–Crippen MR) is 51.0 cm³/mol. The zero-order valence-electron chi connectivity index (χ0n) is 7.27. The summed E-state index contributed by atoms with van der Waals surface area (Å²) < 4.78 is 0. The Hall–Kier alpha value is -0.710. The molecule has 74 valence electrons. The summed E-state index contributed by atoms with van der Waals surface area (Å²) in [6.07, 6.45) is 2.75. The number of amides is 1. The molecular formula is C8H13NO3S. The van der Waals surface area contributed by atoms with Crippen LogP contribution in [0.25, 0.3) is 0 Å². The average Bonchev–Trinajstić information content (AvgIpc) is 2.03. The molecule has 0 radical (unpaired) electrons. The first-order valence-corrected chi connectivity index (χ1v) is 4.77. The molecule has 1 heterocycles. The lowest BCUT2D eigenvalue weighted by Crippen LogP contribution is -2.42. The minimum Gasteiger partial charge on any atom is -0.481 e. The minimum atomic E-state index is -0.855. The zero-order valence-corrected chi connectivity index (χ0v) is 8.17. The summed E-state index contributed by atoms with van der Waals surface area (Å²) in [5.74, 6) is -0.855. The van der Waals surface area contributed by atoms with Crippen LogP contribution < -0.4 is 0 Å². The highest BCUT2D eigenvalue weighted by Gasteiger charge is 2.26. The van der Waals surface area contributed by atoms with Gasteiger partial charge in [-0.2, -0.15) is 0 Å². The van der Waals surface area contributed by atoms with E-state index in [1.807, 2.05) is 0 Å². The van der Waals surface area contributed by atoms with Crippen molar-refractivity contribution in [3.63, 3.8) is 0 Å². The van der Waals surface area contributed by atoms with Gasteiger partial charge in [0.15, 0.2) is 0 Å². The molecule has 13 heavy (non-hydrogen) atoms. The van der Waals surface area contributed by atoms with Crippen LogP contribution >= 0.6 is 12.6 Å². The van der Waals surface area contributed by atoms with E-state index in [9.17, 15) is 9.59 Å². The van der Waals surface area contributed by atoms with Crippen LogP contribution in [0.2, 0.25) is 0 Å². The van der Waals surface area contributed by atoms with Crippen LogP contribution in [-0.4, -0.2) is 33.8 Å². The lowest BCUT2D eigenvalue weighted by Gasteiger charge is -2.33. The second-order valence-corrected chi connectivity index (χ2v) is 3.61. The number of nitrogens with zero attached hydrogens (tertiary/aromatic N) is 1. The topological polar surface area (TPSA) is 57.6 Å². The standard InChI is InChI=1S/C8H13NO3S/c10-7(11)5-6-3-1-2-4-9(6)8(12)13/h6H,1-5H2,(H,10,11)(H,12,13). The number of hydrogen-bond donors (Lipinski definition) is 2. The van der Waals surface area contributed by atoms with E-state index in [-0.39, 0.29) is 17.7 Å². The van der Waals surface area contributed by atoms with E-state index in [4.69, 9.17) is 5.11 Å². The number of carboxylic acid groups (broad SMARTS) is 1. The summed E-state index contributed by atoms with van der Waals surface area (Å²) >= 11 is 3.72. The maximum atomic E-state index is 11.0. The van der Waals surface area contributed by atoms with Gasteiger partial charge in [0.05, 0.1) is 6.42 Å². The fourth-order valence-corrected chi connectivity index (χ4v) is 1.93. The molecule has 0 aliphatic carbocycles. The molecule has 0 aromatic carbocycles. The summed E-state index contributed by atoms with van der Waals surface area (Å²) in [5, 5.41) is 8.29. The van der Waals surface area contributed by atoms with Crippen molar-refractivity contribution in [2.45, 2.75) is 31.7 Å².